The molecule has 2 aromatic rings. The summed E-state index contributed by atoms with van der Waals surface area (Å²) >= 11 is 0.654. The second-order valence-corrected chi connectivity index (χ2v) is 4.77. The molecule has 4 nitrogen and oxygen atoms in total. The fourth-order valence-corrected chi connectivity index (χ4v) is 2.19. The highest BCUT2D eigenvalue weighted by atomic mass is 32.2. The molecular weight excluding hydrogens is 315 g/mol. The molecule has 0 atom stereocenters. The lowest BCUT2D eigenvalue weighted by Crippen LogP contribution is -2.06. The molecule has 4 N–H and O–H groups in total. The van der Waals surface area contributed by atoms with Crippen molar-refractivity contribution in [2.75, 3.05) is 11.5 Å². The van der Waals surface area contributed by atoms with Gasteiger partial charge >= 0.3 is 0 Å². The lowest BCUT2D eigenvalue weighted by molar-refractivity contribution is 0.372. The molecular formula is C11H7F5N4S. The lowest BCUT2D eigenvalue weighted by Gasteiger charge is -2.08. The summed E-state index contributed by atoms with van der Waals surface area (Å²) in [6.07, 6.45) is 1.17. The van der Waals surface area contributed by atoms with Crippen LogP contribution in [0.15, 0.2) is 11.4 Å². The summed E-state index contributed by atoms with van der Waals surface area (Å²) in [4.78, 5) is 7.42. The Labute approximate surface area is 119 Å². The molecule has 1 aromatic heterocycles. The lowest BCUT2D eigenvalue weighted by atomic mass is 10.2. The second kappa shape index (κ2) is 5.72. The molecule has 1 heterocycles. The third-order valence-electron chi connectivity index (χ3n) is 2.47. The molecule has 0 amide bonds. The third-order valence-corrected chi connectivity index (χ3v) is 3.36. The highest BCUT2D eigenvalue weighted by molar-refractivity contribution is 7.98. The van der Waals surface area contributed by atoms with Gasteiger partial charge in [-0.1, -0.05) is 11.8 Å². The number of hydrogen-bond donors (Lipinski definition) is 2. The highest BCUT2D eigenvalue weighted by Gasteiger charge is 2.25. The van der Waals surface area contributed by atoms with E-state index in [0.717, 1.165) is 0 Å². The summed E-state index contributed by atoms with van der Waals surface area (Å²) in [5, 5.41) is -0.00867. The number of nitrogen functional groups attached to an aromatic ring is 2. The summed E-state index contributed by atoms with van der Waals surface area (Å²) in [6.45, 7) is 0. The number of thioether (sulfide) groups is 1. The second-order valence-electron chi connectivity index (χ2n) is 3.83. The minimum absolute atomic E-state index is 0.00867. The molecule has 0 radical (unpaired) electrons. The minimum Gasteiger partial charge on any atom is -0.394 e. The molecule has 0 fully saturated rings. The Balaban J connectivity index is 2.30. The SMILES string of the molecule is Nc1cnc(SCc2c(F)c(F)c(F)c(F)c2F)nc1N. The summed E-state index contributed by atoms with van der Waals surface area (Å²) < 4.78 is 65.7. The summed E-state index contributed by atoms with van der Waals surface area (Å²) in [6, 6.07) is 0. The number of rotatable bonds is 3. The van der Waals surface area contributed by atoms with Gasteiger partial charge in [0, 0.05) is 11.3 Å². The smallest absolute Gasteiger partial charge is 0.200 e. The first-order valence-corrected chi connectivity index (χ1v) is 6.32. The van der Waals surface area contributed by atoms with Gasteiger partial charge in [0.15, 0.2) is 34.2 Å². The van der Waals surface area contributed by atoms with Crippen molar-refractivity contribution in [3.63, 3.8) is 0 Å². The zero-order chi connectivity index (χ0) is 15.7. The number of nitrogens with zero attached hydrogens (tertiary/aromatic N) is 2. The Hall–Kier alpha value is -2.10. The zero-order valence-electron chi connectivity index (χ0n) is 10.1. The van der Waals surface area contributed by atoms with E-state index in [1.807, 2.05) is 0 Å². The van der Waals surface area contributed by atoms with E-state index in [1.54, 1.807) is 0 Å². The van der Waals surface area contributed by atoms with Crippen LogP contribution in [0, 0.1) is 29.1 Å². The van der Waals surface area contributed by atoms with Gasteiger partial charge in [-0.05, 0) is 0 Å². The Morgan fingerprint density at radius 3 is 1.95 bits per heavy atom. The molecule has 0 bridgehead atoms. The number of benzene rings is 1. The Morgan fingerprint density at radius 1 is 0.905 bits per heavy atom. The van der Waals surface area contributed by atoms with E-state index in [1.165, 1.54) is 6.20 Å². The van der Waals surface area contributed by atoms with Crippen molar-refractivity contribution in [2.45, 2.75) is 10.9 Å². The minimum atomic E-state index is -2.20. The Bertz CT molecular complexity index is 680. The van der Waals surface area contributed by atoms with Crippen LogP contribution in [0.1, 0.15) is 5.56 Å². The van der Waals surface area contributed by atoms with Crippen molar-refractivity contribution < 1.29 is 22.0 Å². The molecule has 1 aromatic carbocycles. The first-order valence-electron chi connectivity index (χ1n) is 5.34. The molecule has 21 heavy (non-hydrogen) atoms. The fourth-order valence-electron chi connectivity index (χ4n) is 1.37. The number of anilines is 2. The van der Waals surface area contributed by atoms with Crippen molar-refractivity contribution in [2.24, 2.45) is 0 Å². The molecule has 0 saturated heterocycles. The first-order chi connectivity index (χ1) is 9.82. The maximum Gasteiger partial charge on any atom is 0.200 e. The zero-order valence-corrected chi connectivity index (χ0v) is 10.9. The average molecular weight is 322 g/mol. The fraction of sp³-hybridized carbons (Fsp3) is 0.0909. The standard InChI is InChI=1S/C11H7F5N4S/c12-5-3(6(13)8(15)9(16)7(5)14)2-21-11-19-1-4(17)10(18)20-11/h1H,2,17H2,(H2,18,19,20). The van der Waals surface area contributed by atoms with Crippen LogP contribution in [0.2, 0.25) is 0 Å². The molecule has 0 aliphatic heterocycles. The molecule has 0 aliphatic carbocycles. The van der Waals surface area contributed by atoms with Crippen LogP contribution in [0.3, 0.4) is 0 Å². The number of hydrogen-bond acceptors (Lipinski definition) is 5. The number of nitrogens with two attached hydrogens (primary N) is 2. The summed E-state index contributed by atoms with van der Waals surface area (Å²) in [7, 11) is 0. The van der Waals surface area contributed by atoms with Crippen LogP contribution in [0.4, 0.5) is 33.5 Å². The van der Waals surface area contributed by atoms with E-state index < -0.39 is 40.4 Å². The van der Waals surface area contributed by atoms with Crippen molar-refractivity contribution >= 4 is 23.3 Å². The van der Waals surface area contributed by atoms with Gasteiger partial charge in [-0.2, -0.15) is 0 Å². The van der Waals surface area contributed by atoms with E-state index in [0.29, 0.717) is 11.8 Å². The van der Waals surface area contributed by atoms with E-state index in [4.69, 9.17) is 11.5 Å². The largest absolute Gasteiger partial charge is 0.394 e. The quantitative estimate of drug-likeness (QED) is 0.299. The maximum absolute atomic E-state index is 13.4. The molecule has 10 heteroatoms. The third kappa shape index (κ3) is 2.84. The molecule has 0 spiro atoms. The van der Waals surface area contributed by atoms with Crippen molar-refractivity contribution in [3.8, 4) is 0 Å². The van der Waals surface area contributed by atoms with E-state index >= 15 is 0 Å². The topological polar surface area (TPSA) is 77.8 Å². The van der Waals surface area contributed by atoms with Gasteiger partial charge in [0.1, 0.15) is 0 Å². The molecule has 0 unspecified atom stereocenters. The van der Waals surface area contributed by atoms with Crippen molar-refractivity contribution in [1.82, 2.24) is 9.97 Å². The highest BCUT2D eigenvalue weighted by Crippen LogP contribution is 2.28. The van der Waals surface area contributed by atoms with Crippen LogP contribution in [0.5, 0.6) is 0 Å². The molecule has 112 valence electrons. The normalized spacial score (nSPS) is 10.9. The van der Waals surface area contributed by atoms with Gasteiger partial charge in [0.2, 0.25) is 5.82 Å². The van der Waals surface area contributed by atoms with Crippen LogP contribution in [-0.2, 0) is 5.75 Å². The number of aromatic nitrogens is 2. The van der Waals surface area contributed by atoms with Gasteiger partial charge in [0.05, 0.1) is 11.9 Å². The van der Waals surface area contributed by atoms with Crippen LogP contribution in [-0.4, -0.2) is 9.97 Å². The Kier molecular flexibility index (Phi) is 4.16. The van der Waals surface area contributed by atoms with Crippen LogP contribution < -0.4 is 11.5 Å². The van der Waals surface area contributed by atoms with Gasteiger partial charge in [-0.3, -0.25) is 0 Å². The number of halogens is 5. The molecule has 2 rings (SSSR count). The van der Waals surface area contributed by atoms with E-state index in [-0.39, 0.29) is 16.7 Å². The molecule has 0 saturated carbocycles. The first kappa shape index (κ1) is 15.3. The Morgan fingerprint density at radius 2 is 1.43 bits per heavy atom. The van der Waals surface area contributed by atoms with Crippen molar-refractivity contribution in [3.05, 3.63) is 40.8 Å². The van der Waals surface area contributed by atoms with E-state index in [9.17, 15) is 22.0 Å². The summed E-state index contributed by atoms with van der Waals surface area (Å²) in [5.74, 6) is -10.6. The van der Waals surface area contributed by atoms with Crippen LogP contribution >= 0.6 is 11.8 Å². The van der Waals surface area contributed by atoms with Crippen LogP contribution in [0.25, 0.3) is 0 Å². The maximum atomic E-state index is 13.4. The average Bonchev–Trinajstić information content (AvgIpc) is 2.46. The van der Waals surface area contributed by atoms with Gasteiger partial charge in [0.25, 0.3) is 0 Å². The monoisotopic (exact) mass is 322 g/mol. The van der Waals surface area contributed by atoms with Crippen molar-refractivity contribution in [1.29, 1.82) is 0 Å². The summed E-state index contributed by atoms with van der Waals surface area (Å²) in [5.41, 5.74) is 9.94. The molecule has 0 aliphatic rings. The van der Waals surface area contributed by atoms with Gasteiger partial charge < -0.3 is 11.5 Å². The van der Waals surface area contributed by atoms with Gasteiger partial charge in [-0.15, -0.1) is 0 Å². The predicted molar refractivity (Wildman–Crippen MR) is 66.6 cm³/mol. The van der Waals surface area contributed by atoms with Gasteiger partial charge in [-0.25, -0.2) is 31.9 Å². The predicted octanol–water partition coefficient (Wildman–Crippen LogP) is 2.63. The van der Waals surface area contributed by atoms with E-state index in [2.05, 4.69) is 9.97 Å².